The van der Waals surface area contributed by atoms with E-state index >= 15 is 0 Å². The Hall–Kier alpha value is -14.1. The summed E-state index contributed by atoms with van der Waals surface area (Å²) in [6, 6.07) is 30.1. The summed E-state index contributed by atoms with van der Waals surface area (Å²) in [5.74, 6) is 4.05. The molecule has 6 aliphatic rings. The second-order valence-corrected chi connectivity index (χ2v) is 33.5. The van der Waals surface area contributed by atoms with Gasteiger partial charge in [-0.3, -0.25) is 19.2 Å². The second-order valence-electron chi connectivity index (χ2n) is 33.5. The predicted molar refractivity (Wildman–Crippen MR) is 492 cm³/mol. The maximum atomic E-state index is 12.0. The third kappa shape index (κ3) is 22.4. The number of fused-ring (bicyclic) bond motifs is 5. The molecule has 4 aromatic carbocycles. The summed E-state index contributed by atoms with van der Waals surface area (Å²) < 4.78 is 23.6. The molecular weight excluding hydrogens is 1620 g/mol. The van der Waals surface area contributed by atoms with E-state index in [1.165, 1.54) is 73.7 Å². The molecular formula is C96H108N24O8. The summed E-state index contributed by atoms with van der Waals surface area (Å²) in [5.41, 5.74) is 51.7. The molecule has 0 radical (unpaired) electrons. The van der Waals surface area contributed by atoms with Crippen LogP contribution in [0.15, 0.2) is 141 Å². The molecule has 5 aliphatic heterocycles. The van der Waals surface area contributed by atoms with Crippen molar-refractivity contribution in [3.05, 3.63) is 235 Å². The fraction of sp³-hybridized carbons (Fsp3) is 0.333. The molecule has 12 aromatic rings. The molecule has 1 saturated carbocycles. The Labute approximate surface area is 744 Å². The number of carbonyl (C=O) groups excluding carboxylic acids is 4. The van der Waals surface area contributed by atoms with Gasteiger partial charge in [0.15, 0.2) is 23.3 Å². The molecule has 0 saturated heterocycles. The first kappa shape index (κ1) is 88.8. The highest BCUT2D eigenvalue weighted by Gasteiger charge is 2.31. The van der Waals surface area contributed by atoms with Crippen molar-refractivity contribution < 1.29 is 38.1 Å². The number of anilines is 8. The maximum Gasteiger partial charge on any atom is 0.258 e. The lowest BCUT2D eigenvalue weighted by Gasteiger charge is -2.27. The lowest BCUT2D eigenvalue weighted by Crippen LogP contribution is -2.27. The van der Waals surface area contributed by atoms with Crippen molar-refractivity contribution in [3.8, 4) is 68.5 Å². The summed E-state index contributed by atoms with van der Waals surface area (Å²) in [6.45, 7) is 20.8. The van der Waals surface area contributed by atoms with Crippen LogP contribution in [0.1, 0.15) is 134 Å². The van der Waals surface area contributed by atoms with Crippen molar-refractivity contribution in [3.63, 3.8) is 0 Å². The highest BCUT2D eigenvalue weighted by molar-refractivity contribution is 5.94. The molecule has 0 bridgehead atoms. The van der Waals surface area contributed by atoms with Crippen LogP contribution in [0.3, 0.4) is 0 Å². The molecule has 1 fully saturated rings. The molecule has 0 atom stereocenters. The number of benzene rings is 4. The summed E-state index contributed by atoms with van der Waals surface area (Å²) in [7, 11) is 8.55. The second kappa shape index (κ2) is 40.1. The van der Waals surface area contributed by atoms with Gasteiger partial charge in [-0.05, 0) is 281 Å². The number of rotatable bonds is 21. The van der Waals surface area contributed by atoms with Gasteiger partial charge in [0, 0.05) is 131 Å². The minimum Gasteiger partial charge on any atom is -0.470 e. The number of likely N-dealkylation sites (N-methyl/N-ethyl adjacent to an activating group) is 4. The molecule has 660 valence electrons. The van der Waals surface area contributed by atoms with E-state index in [0.717, 1.165) is 164 Å². The maximum absolute atomic E-state index is 12.0. The van der Waals surface area contributed by atoms with E-state index in [-0.39, 0.29) is 91.0 Å². The Kier molecular flexibility index (Phi) is 27.8. The lowest BCUT2D eigenvalue weighted by molar-refractivity contribution is -0.117. The van der Waals surface area contributed by atoms with Crippen LogP contribution in [0, 0.1) is 33.6 Å². The highest BCUT2D eigenvalue weighted by atomic mass is 16.5. The number of aromatic nitrogens is 12. The zero-order chi connectivity index (χ0) is 89.8. The van der Waals surface area contributed by atoms with Crippen LogP contribution >= 0.6 is 0 Å². The minimum atomic E-state index is -0.181. The number of amides is 4. The monoisotopic (exact) mass is 1720 g/mol. The third-order valence-corrected chi connectivity index (χ3v) is 23.3. The standard InChI is InChI=1S/C25H28N6O2.C24H26N6O2.C24H28N6O2.C23H26N6O2/c1-15-9-18(11-19-13-31(2)8-6-20(15)19)21-12-28-23(26)25(29-21)33-14-16-5-7-27-22(10-16)30-24(32)17-3-4-17;1-14-9-16(10-17-12-30(2)8-6-18(14)17)20-11-27-22(25)24(28-20)32-13-15-5-7-26-23-19(15)3-4-21(31)29-23;1-4-22(31)29-21-10-16(5-7-26-21)14-32-24-23(25)27-12-20(28-24)17-9-15(2)19-6-8-30(3)13-18(19)11-17;1-14-8-17(10-18-12-29(3)7-5-19(14)18)20-11-26-22(24)23(28-20)31-13-16-4-6-25-21(9-16)27-15(2)30/h5,7,9-12,17H,3-4,6,8,13-14H2,1-2H3,(H2,26,28)(H,27,30,32);5,7,9-11H,3-4,6,8,12-13H2,1-2H3,(H2,25,27)(H,26,29,31);5,7,9-12H,4,6,8,13-14H2,1-3H3,(H2,25,27)(H,26,29,31);4,6,8-11H,5,7,12-13H2,1-3H3,(H2,24,26)(H,25,27,30). The number of nitrogens with one attached hydrogen (secondary N) is 4. The first-order valence-electron chi connectivity index (χ1n) is 43.0. The molecule has 32 nitrogen and oxygen atoms in total. The van der Waals surface area contributed by atoms with Gasteiger partial charge in [0.05, 0.1) is 47.6 Å². The van der Waals surface area contributed by atoms with Crippen LogP contribution in [-0.2, 0) is 104 Å². The van der Waals surface area contributed by atoms with Crippen LogP contribution in [0.25, 0.3) is 45.0 Å². The fourth-order valence-corrected chi connectivity index (χ4v) is 16.3. The van der Waals surface area contributed by atoms with Gasteiger partial charge in [0.2, 0.25) is 23.6 Å². The number of nitrogens with zero attached hydrogens (tertiary/aromatic N) is 16. The average Bonchev–Trinajstić information content (AvgIpc) is 1.15. The first-order chi connectivity index (χ1) is 61.7. The summed E-state index contributed by atoms with van der Waals surface area (Å²) in [4.78, 5) is 108. The van der Waals surface area contributed by atoms with Gasteiger partial charge in [-0.2, -0.15) is 0 Å². The number of nitrogens with two attached hydrogens (primary N) is 4. The van der Waals surface area contributed by atoms with Crippen LogP contribution in [-0.4, -0.2) is 157 Å². The van der Waals surface area contributed by atoms with Crippen LogP contribution < -0.4 is 63.1 Å². The molecule has 128 heavy (non-hydrogen) atoms. The Morgan fingerprint density at radius 3 is 1.09 bits per heavy atom. The third-order valence-electron chi connectivity index (χ3n) is 23.3. The minimum absolute atomic E-state index is 0.0163. The van der Waals surface area contributed by atoms with E-state index < -0.39 is 0 Å². The van der Waals surface area contributed by atoms with Crippen LogP contribution in [0.5, 0.6) is 23.5 Å². The van der Waals surface area contributed by atoms with Gasteiger partial charge < -0.3 is 82.7 Å². The van der Waals surface area contributed by atoms with Crippen molar-refractivity contribution in [2.75, 3.05) is 98.6 Å². The zero-order valence-corrected chi connectivity index (χ0v) is 73.9. The molecule has 0 unspecified atom stereocenters. The Morgan fingerprint density at radius 1 is 0.414 bits per heavy atom. The van der Waals surface area contributed by atoms with Gasteiger partial charge >= 0.3 is 0 Å². The van der Waals surface area contributed by atoms with E-state index in [9.17, 15) is 19.2 Å². The Morgan fingerprint density at radius 2 is 0.750 bits per heavy atom. The normalized spacial score (nSPS) is 14.6. The van der Waals surface area contributed by atoms with Gasteiger partial charge in [-0.1, -0.05) is 6.92 Å². The summed E-state index contributed by atoms with van der Waals surface area (Å²) >= 11 is 0. The van der Waals surface area contributed by atoms with Crippen molar-refractivity contribution in [1.82, 2.24) is 79.4 Å². The summed E-state index contributed by atoms with van der Waals surface area (Å²) in [6.07, 6.45) is 20.9. The van der Waals surface area contributed by atoms with Crippen molar-refractivity contribution in [2.45, 2.75) is 152 Å². The SMILES string of the molecule is CC(=O)Nc1cc(COc2nc(-c3cc(C)c4c(c3)CN(C)CC4)cnc2N)ccn1.CCC(=O)Nc1cc(COc2nc(-c3cc(C)c4c(c3)CN(C)CC4)cnc2N)ccn1.Cc1cc(-c2cnc(N)c(OCc3ccnc(NC(=O)C4CC4)c3)n2)cc2c1CCN(C)C2.Cc1cc(-c2cnc(N)c(OCc3ccnc4c3CCC(=O)N4)n2)cc2c1CCN(C)C2. The molecule has 18 rings (SSSR count). The van der Waals surface area contributed by atoms with Crippen LogP contribution in [0.4, 0.5) is 46.5 Å². The Bertz CT molecular complexity index is 6160. The van der Waals surface area contributed by atoms with Gasteiger partial charge in [-0.15, -0.1) is 0 Å². The van der Waals surface area contributed by atoms with Gasteiger partial charge in [-0.25, -0.2) is 59.8 Å². The van der Waals surface area contributed by atoms with Crippen molar-refractivity contribution >= 4 is 70.2 Å². The number of nitrogen functional groups attached to an aromatic ring is 4. The number of aryl methyl sites for hydroxylation is 4. The highest BCUT2D eigenvalue weighted by Crippen LogP contribution is 2.37. The molecule has 12 N–H and O–H groups in total. The lowest BCUT2D eigenvalue weighted by atomic mass is 9.92. The van der Waals surface area contributed by atoms with Crippen molar-refractivity contribution in [1.29, 1.82) is 0 Å². The average molecular weight is 1730 g/mol. The molecule has 1 aliphatic carbocycles. The quantitative estimate of drug-likeness (QED) is 0.0331. The zero-order valence-electron chi connectivity index (χ0n) is 73.9. The fourth-order valence-electron chi connectivity index (χ4n) is 16.3. The molecule has 0 spiro atoms. The number of hydrogen-bond acceptors (Lipinski definition) is 28. The van der Waals surface area contributed by atoms with E-state index in [1.807, 2.05) is 24.3 Å². The van der Waals surface area contributed by atoms with E-state index in [2.05, 4.69) is 205 Å². The smallest absolute Gasteiger partial charge is 0.258 e. The Balaban J connectivity index is 0.000000131. The predicted octanol–water partition coefficient (Wildman–Crippen LogP) is 12.5. The van der Waals surface area contributed by atoms with Crippen molar-refractivity contribution in [2.24, 2.45) is 5.92 Å². The summed E-state index contributed by atoms with van der Waals surface area (Å²) in [5, 5.41) is 11.1. The van der Waals surface area contributed by atoms with Crippen LogP contribution in [0.2, 0.25) is 0 Å². The molecule has 32 heteroatoms. The number of carbonyl (C=O) groups is 4. The van der Waals surface area contributed by atoms with Gasteiger partial charge in [0.1, 0.15) is 49.7 Å². The van der Waals surface area contributed by atoms with E-state index in [4.69, 9.17) is 41.9 Å². The van der Waals surface area contributed by atoms with E-state index in [0.29, 0.717) is 54.3 Å². The molecule has 4 amide bonds. The largest absolute Gasteiger partial charge is 0.470 e. The number of hydrogen-bond donors (Lipinski definition) is 8. The van der Waals surface area contributed by atoms with E-state index in [1.54, 1.807) is 74.7 Å². The number of ether oxygens (including phenoxy) is 4. The molecule has 8 aromatic heterocycles. The topological polar surface area (TPSA) is 425 Å². The molecule has 13 heterocycles. The first-order valence-corrected chi connectivity index (χ1v) is 43.0. The van der Waals surface area contributed by atoms with Gasteiger partial charge in [0.25, 0.3) is 23.5 Å². The number of pyridine rings is 4.